The minimum Gasteiger partial charge on any atom is -0.364 e. The minimum atomic E-state index is -1.12. The van der Waals surface area contributed by atoms with Crippen molar-refractivity contribution < 1.29 is 14.3 Å². The summed E-state index contributed by atoms with van der Waals surface area (Å²) in [7, 11) is 1.51. The van der Waals surface area contributed by atoms with Crippen LogP contribution in [0.2, 0.25) is 0 Å². The smallest absolute Gasteiger partial charge is 0.260 e. The Balaban J connectivity index is 1.76. The molecule has 130 valence electrons. The Kier molecular flexibility index (Phi) is 4.86. The number of anilines is 1. The maximum Gasteiger partial charge on any atom is 0.260 e. The fourth-order valence-electron chi connectivity index (χ4n) is 2.58. The predicted molar refractivity (Wildman–Crippen MR) is 96.4 cm³/mol. The van der Waals surface area contributed by atoms with Gasteiger partial charge in [-0.15, -0.1) is 0 Å². The lowest BCUT2D eigenvalue weighted by atomic mass is 9.94. The van der Waals surface area contributed by atoms with E-state index in [-0.39, 0.29) is 11.8 Å². The monoisotopic (exact) mass is 338 g/mol. The maximum absolute atomic E-state index is 12.8. The average Bonchev–Trinajstić information content (AvgIpc) is 3.46. The van der Waals surface area contributed by atoms with Crippen LogP contribution < -0.4 is 10.6 Å². The Hall–Kier alpha value is -2.66. The summed E-state index contributed by atoms with van der Waals surface area (Å²) in [6, 6.07) is 16.5. The van der Waals surface area contributed by atoms with Crippen molar-refractivity contribution >= 4 is 17.5 Å². The van der Waals surface area contributed by atoms with Crippen LogP contribution in [0.3, 0.4) is 0 Å². The lowest BCUT2D eigenvalue weighted by Gasteiger charge is -2.27. The molecule has 1 saturated carbocycles. The Morgan fingerprint density at radius 1 is 1.08 bits per heavy atom. The minimum absolute atomic E-state index is 0.115. The summed E-state index contributed by atoms with van der Waals surface area (Å²) in [6.07, 6.45) is 2.07. The summed E-state index contributed by atoms with van der Waals surface area (Å²) in [6.45, 7) is 1.72. The number of amides is 2. The molecular formula is C20H22N2O3. The zero-order valence-corrected chi connectivity index (χ0v) is 14.4. The van der Waals surface area contributed by atoms with E-state index in [0.717, 1.165) is 18.4 Å². The molecule has 5 heteroatoms. The van der Waals surface area contributed by atoms with Crippen LogP contribution in [0, 0.1) is 0 Å². The Morgan fingerprint density at radius 2 is 1.80 bits per heavy atom. The van der Waals surface area contributed by atoms with Gasteiger partial charge in [0.15, 0.2) is 5.60 Å². The molecular weight excluding hydrogens is 316 g/mol. The highest BCUT2D eigenvalue weighted by molar-refractivity contribution is 6.00. The van der Waals surface area contributed by atoms with E-state index in [1.165, 1.54) is 7.11 Å². The van der Waals surface area contributed by atoms with Crippen molar-refractivity contribution in [2.75, 3.05) is 12.4 Å². The van der Waals surface area contributed by atoms with Gasteiger partial charge in [-0.1, -0.05) is 36.4 Å². The van der Waals surface area contributed by atoms with Crippen LogP contribution in [0.4, 0.5) is 5.69 Å². The number of hydrogen-bond donors (Lipinski definition) is 2. The molecule has 1 fully saturated rings. The summed E-state index contributed by atoms with van der Waals surface area (Å²) < 4.78 is 5.51. The predicted octanol–water partition coefficient (Wildman–Crippen LogP) is 3.08. The van der Waals surface area contributed by atoms with Crippen LogP contribution in [-0.4, -0.2) is 25.0 Å². The highest BCUT2D eigenvalue weighted by atomic mass is 16.5. The Labute approximate surface area is 147 Å². The largest absolute Gasteiger partial charge is 0.364 e. The second-order valence-corrected chi connectivity index (χ2v) is 6.39. The van der Waals surface area contributed by atoms with Gasteiger partial charge in [0.05, 0.1) is 0 Å². The Bertz CT molecular complexity index is 772. The zero-order chi connectivity index (χ0) is 17.9. The average molecular weight is 338 g/mol. The number of carbonyl (C=O) groups is 2. The third-order valence-corrected chi connectivity index (χ3v) is 4.46. The van der Waals surface area contributed by atoms with Gasteiger partial charge in [-0.3, -0.25) is 9.59 Å². The molecule has 0 spiro atoms. The molecule has 0 radical (unpaired) electrons. The van der Waals surface area contributed by atoms with Crippen molar-refractivity contribution in [1.82, 2.24) is 5.32 Å². The molecule has 2 amide bonds. The molecule has 0 bridgehead atoms. The molecule has 0 aromatic heterocycles. The summed E-state index contributed by atoms with van der Waals surface area (Å²) >= 11 is 0. The maximum atomic E-state index is 12.8. The molecule has 1 unspecified atom stereocenters. The second kappa shape index (κ2) is 7.07. The summed E-state index contributed by atoms with van der Waals surface area (Å²) in [5, 5.41) is 5.79. The van der Waals surface area contributed by atoms with Crippen molar-refractivity contribution in [1.29, 1.82) is 0 Å². The van der Waals surface area contributed by atoms with Crippen LogP contribution in [0.25, 0.3) is 0 Å². The third kappa shape index (κ3) is 3.88. The standard InChI is InChI=1S/C20H22N2O3/c1-20(25-2,15-8-4-3-5-9-15)19(24)22-17-10-6-7-14(13-17)18(23)21-16-11-12-16/h3-10,13,16H,11-12H2,1-2H3,(H,21,23)(H,22,24). The van der Waals surface area contributed by atoms with E-state index < -0.39 is 5.60 Å². The van der Waals surface area contributed by atoms with Gasteiger partial charge in [0.25, 0.3) is 11.8 Å². The van der Waals surface area contributed by atoms with E-state index in [0.29, 0.717) is 17.3 Å². The fourth-order valence-corrected chi connectivity index (χ4v) is 2.58. The topological polar surface area (TPSA) is 67.4 Å². The number of ether oxygens (including phenoxy) is 1. The zero-order valence-electron chi connectivity index (χ0n) is 14.4. The number of carbonyl (C=O) groups excluding carboxylic acids is 2. The van der Waals surface area contributed by atoms with Crippen LogP contribution >= 0.6 is 0 Å². The molecule has 2 N–H and O–H groups in total. The lowest BCUT2D eigenvalue weighted by Crippen LogP contribution is -2.39. The van der Waals surface area contributed by atoms with Crippen LogP contribution in [0.1, 0.15) is 35.7 Å². The molecule has 5 nitrogen and oxygen atoms in total. The van der Waals surface area contributed by atoms with Gasteiger partial charge < -0.3 is 15.4 Å². The van der Waals surface area contributed by atoms with Crippen LogP contribution in [-0.2, 0) is 15.1 Å². The number of rotatable bonds is 6. The first-order valence-electron chi connectivity index (χ1n) is 8.36. The van der Waals surface area contributed by atoms with Crippen LogP contribution in [0.5, 0.6) is 0 Å². The van der Waals surface area contributed by atoms with E-state index in [1.807, 2.05) is 30.3 Å². The molecule has 1 aliphatic rings. The molecule has 1 aliphatic carbocycles. The summed E-state index contributed by atoms with van der Waals surface area (Å²) in [4.78, 5) is 25.0. The summed E-state index contributed by atoms with van der Waals surface area (Å²) in [5.41, 5.74) is 0.738. The molecule has 2 aromatic carbocycles. The highest BCUT2D eigenvalue weighted by Crippen LogP contribution is 2.27. The number of hydrogen-bond acceptors (Lipinski definition) is 3. The lowest BCUT2D eigenvalue weighted by molar-refractivity contribution is -0.136. The third-order valence-electron chi connectivity index (χ3n) is 4.46. The van der Waals surface area contributed by atoms with E-state index >= 15 is 0 Å². The van der Waals surface area contributed by atoms with Gasteiger partial charge in [0, 0.05) is 24.4 Å². The molecule has 1 atom stereocenters. The molecule has 3 rings (SSSR count). The molecule has 0 saturated heterocycles. The van der Waals surface area contributed by atoms with Gasteiger partial charge in [-0.05, 0) is 43.5 Å². The van der Waals surface area contributed by atoms with E-state index in [4.69, 9.17) is 4.74 Å². The fraction of sp³-hybridized carbons (Fsp3) is 0.300. The van der Waals surface area contributed by atoms with Crippen molar-refractivity contribution in [3.8, 4) is 0 Å². The summed E-state index contributed by atoms with van der Waals surface area (Å²) in [5.74, 6) is -0.405. The quantitative estimate of drug-likeness (QED) is 0.850. The molecule has 0 heterocycles. The molecule has 2 aromatic rings. The van der Waals surface area contributed by atoms with Crippen molar-refractivity contribution in [3.05, 3.63) is 65.7 Å². The van der Waals surface area contributed by atoms with E-state index in [2.05, 4.69) is 10.6 Å². The van der Waals surface area contributed by atoms with E-state index in [9.17, 15) is 9.59 Å². The number of methoxy groups -OCH3 is 1. The van der Waals surface area contributed by atoms with Crippen molar-refractivity contribution in [3.63, 3.8) is 0 Å². The van der Waals surface area contributed by atoms with Gasteiger partial charge in [-0.25, -0.2) is 0 Å². The van der Waals surface area contributed by atoms with Crippen molar-refractivity contribution in [2.45, 2.75) is 31.4 Å². The van der Waals surface area contributed by atoms with Gasteiger partial charge in [0.2, 0.25) is 0 Å². The van der Waals surface area contributed by atoms with E-state index in [1.54, 1.807) is 31.2 Å². The first-order valence-corrected chi connectivity index (χ1v) is 8.36. The van der Waals surface area contributed by atoms with Gasteiger partial charge in [0.1, 0.15) is 0 Å². The first kappa shape index (κ1) is 17.2. The molecule has 25 heavy (non-hydrogen) atoms. The van der Waals surface area contributed by atoms with Crippen molar-refractivity contribution in [2.24, 2.45) is 0 Å². The van der Waals surface area contributed by atoms with Gasteiger partial charge >= 0.3 is 0 Å². The highest BCUT2D eigenvalue weighted by Gasteiger charge is 2.35. The second-order valence-electron chi connectivity index (χ2n) is 6.39. The Morgan fingerprint density at radius 3 is 2.44 bits per heavy atom. The molecule has 0 aliphatic heterocycles. The first-order chi connectivity index (χ1) is 12.0. The van der Waals surface area contributed by atoms with Gasteiger partial charge in [-0.2, -0.15) is 0 Å². The number of benzene rings is 2. The van der Waals surface area contributed by atoms with Crippen LogP contribution in [0.15, 0.2) is 54.6 Å². The SMILES string of the molecule is COC(C)(C(=O)Nc1cccc(C(=O)NC2CC2)c1)c1ccccc1. The normalized spacial score (nSPS) is 15.9. The number of nitrogens with one attached hydrogen (secondary N) is 2.